The number of esters is 1. The molecule has 0 rings (SSSR count). The lowest BCUT2D eigenvalue weighted by atomic mass is 9.99. The standard InChI is InChI=1S/C17H33NO3/c1-16(14-17(20)21-2)12-10-8-6-4-3-5-7-9-11-13-18-15-19/h15-16H,3-14H2,1-2H3,(H,18,19). The number of carbonyl (C=O) groups excluding carboxylic acids is 2. The molecule has 0 heterocycles. The Kier molecular flexibility index (Phi) is 14.6. The molecule has 1 atom stereocenters. The van der Waals surface area contributed by atoms with Crippen LogP contribution in [0.5, 0.6) is 0 Å². The Balaban J connectivity index is 3.15. The highest BCUT2D eigenvalue weighted by Gasteiger charge is 2.08. The van der Waals surface area contributed by atoms with Crippen molar-refractivity contribution in [3.63, 3.8) is 0 Å². The molecule has 0 aliphatic carbocycles. The molecule has 124 valence electrons. The Bertz CT molecular complexity index is 256. The Morgan fingerprint density at radius 3 is 2.05 bits per heavy atom. The number of nitrogens with one attached hydrogen (secondary N) is 1. The Morgan fingerprint density at radius 2 is 1.52 bits per heavy atom. The summed E-state index contributed by atoms with van der Waals surface area (Å²) in [4.78, 5) is 21.1. The first kappa shape index (κ1) is 19.9. The topological polar surface area (TPSA) is 55.4 Å². The number of hydrogen-bond donors (Lipinski definition) is 1. The van der Waals surface area contributed by atoms with Crippen LogP contribution in [-0.2, 0) is 14.3 Å². The van der Waals surface area contributed by atoms with Crippen molar-refractivity contribution in [1.29, 1.82) is 0 Å². The number of carbonyl (C=O) groups is 2. The van der Waals surface area contributed by atoms with E-state index in [1.807, 2.05) is 0 Å². The molecule has 1 unspecified atom stereocenters. The molecular weight excluding hydrogens is 266 g/mol. The van der Waals surface area contributed by atoms with E-state index in [1.54, 1.807) is 0 Å². The highest BCUT2D eigenvalue weighted by Crippen LogP contribution is 2.15. The van der Waals surface area contributed by atoms with E-state index in [1.165, 1.54) is 58.5 Å². The first-order valence-corrected chi connectivity index (χ1v) is 8.44. The summed E-state index contributed by atoms with van der Waals surface area (Å²) in [5.74, 6) is 0.350. The number of rotatable bonds is 15. The molecule has 0 aliphatic rings. The van der Waals surface area contributed by atoms with E-state index in [9.17, 15) is 9.59 Å². The Hall–Kier alpha value is -1.06. The minimum Gasteiger partial charge on any atom is -0.469 e. The minimum atomic E-state index is -0.0918. The second-order valence-electron chi connectivity index (χ2n) is 5.93. The van der Waals surface area contributed by atoms with Crippen molar-refractivity contribution in [1.82, 2.24) is 5.32 Å². The van der Waals surface area contributed by atoms with Gasteiger partial charge in [-0.05, 0) is 12.3 Å². The van der Waals surface area contributed by atoms with Crippen LogP contribution in [0.1, 0.15) is 77.6 Å². The fourth-order valence-corrected chi connectivity index (χ4v) is 2.49. The molecule has 0 saturated carbocycles. The maximum atomic E-state index is 11.1. The van der Waals surface area contributed by atoms with Gasteiger partial charge in [-0.3, -0.25) is 9.59 Å². The number of ether oxygens (including phenoxy) is 1. The molecule has 0 bridgehead atoms. The second-order valence-corrected chi connectivity index (χ2v) is 5.93. The summed E-state index contributed by atoms with van der Waals surface area (Å²) < 4.78 is 4.67. The lowest BCUT2D eigenvalue weighted by molar-refractivity contribution is -0.141. The fourth-order valence-electron chi connectivity index (χ4n) is 2.49. The Morgan fingerprint density at radius 1 is 1.00 bits per heavy atom. The summed E-state index contributed by atoms with van der Waals surface area (Å²) in [6.07, 6.45) is 13.8. The molecule has 4 heteroatoms. The van der Waals surface area contributed by atoms with Gasteiger partial charge in [0.2, 0.25) is 6.41 Å². The van der Waals surface area contributed by atoms with Crippen LogP contribution in [0.2, 0.25) is 0 Å². The summed E-state index contributed by atoms with van der Waals surface area (Å²) in [5.41, 5.74) is 0. The lowest BCUT2D eigenvalue weighted by Gasteiger charge is -2.09. The van der Waals surface area contributed by atoms with Crippen molar-refractivity contribution in [2.45, 2.75) is 77.6 Å². The van der Waals surface area contributed by atoms with Crippen molar-refractivity contribution in [2.24, 2.45) is 5.92 Å². The van der Waals surface area contributed by atoms with E-state index in [0.29, 0.717) is 12.3 Å². The molecule has 0 saturated heterocycles. The number of amides is 1. The van der Waals surface area contributed by atoms with Gasteiger partial charge in [-0.15, -0.1) is 0 Å². The van der Waals surface area contributed by atoms with Crippen LogP contribution in [-0.4, -0.2) is 26.0 Å². The average Bonchev–Trinajstić information content (AvgIpc) is 2.48. The molecule has 21 heavy (non-hydrogen) atoms. The third-order valence-electron chi connectivity index (χ3n) is 3.84. The normalized spacial score (nSPS) is 11.9. The molecular formula is C17H33NO3. The van der Waals surface area contributed by atoms with Crippen molar-refractivity contribution in [3.8, 4) is 0 Å². The van der Waals surface area contributed by atoms with Crippen LogP contribution < -0.4 is 5.32 Å². The third kappa shape index (κ3) is 15.2. The van der Waals surface area contributed by atoms with E-state index in [-0.39, 0.29) is 5.97 Å². The van der Waals surface area contributed by atoms with Gasteiger partial charge in [0.1, 0.15) is 0 Å². The Labute approximate surface area is 130 Å². The molecule has 0 aliphatic heterocycles. The maximum absolute atomic E-state index is 11.1. The predicted octanol–water partition coefficient (Wildman–Crippen LogP) is 3.83. The van der Waals surface area contributed by atoms with E-state index >= 15 is 0 Å². The summed E-state index contributed by atoms with van der Waals surface area (Å²) in [6.45, 7) is 2.93. The van der Waals surface area contributed by atoms with Crippen LogP contribution in [0, 0.1) is 5.92 Å². The van der Waals surface area contributed by atoms with E-state index in [0.717, 1.165) is 25.8 Å². The lowest BCUT2D eigenvalue weighted by Crippen LogP contribution is -2.11. The zero-order valence-corrected chi connectivity index (χ0v) is 13.9. The van der Waals surface area contributed by atoms with Gasteiger partial charge >= 0.3 is 5.97 Å². The number of unbranched alkanes of at least 4 members (excludes halogenated alkanes) is 8. The number of methoxy groups -OCH3 is 1. The summed E-state index contributed by atoms with van der Waals surface area (Å²) in [6, 6.07) is 0. The smallest absolute Gasteiger partial charge is 0.305 e. The molecule has 0 spiro atoms. The first-order chi connectivity index (χ1) is 10.2. The summed E-state index contributed by atoms with van der Waals surface area (Å²) in [5, 5.41) is 2.69. The van der Waals surface area contributed by atoms with Gasteiger partial charge < -0.3 is 10.1 Å². The summed E-state index contributed by atoms with van der Waals surface area (Å²) >= 11 is 0. The molecule has 4 nitrogen and oxygen atoms in total. The second kappa shape index (κ2) is 15.3. The highest BCUT2D eigenvalue weighted by molar-refractivity contribution is 5.69. The molecule has 1 amide bonds. The van der Waals surface area contributed by atoms with Crippen molar-refractivity contribution in [2.75, 3.05) is 13.7 Å². The van der Waals surface area contributed by atoms with Gasteiger partial charge in [0, 0.05) is 13.0 Å². The SMILES string of the molecule is COC(=O)CC(C)CCCCCCCCCCCNC=O. The number of hydrogen-bond acceptors (Lipinski definition) is 3. The van der Waals surface area contributed by atoms with Gasteiger partial charge in [-0.25, -0.2) is 0 Å². The van der Waals surface area contributed by atoms with Crippen LogP contribution >= 0.6 is 0 Å². The van der Waals surface area contributed by atoms with Crippen LogP contribution in [0.25, 0.3) is 0 Å². The van der Waals surface area contributed by atoms with Crippen LogP contribution in [0.3, 0.4) is 0 Å². The van der Waals surface area contributed by atoms with Crippen LogP contribution in [0.15, 0.2) is 0 Å². The minimum absolute atomic E-state index is 0.0918. The van der Waals surface area contributed by atoms with Crippen molar-refractivity contribution < 1.29 is 14.3 Å². The quantitative estimate of drug-likeness (QED) is 0.284. The van der Waals surface area contributed by atoms with Gasteiger partial charge in [0.05, 0.1) is 7.11 Å². The van der Waals surface area contributed by atoms with Crippen molar-refractivity contribution in [3.05, 3.63) is 0 Å². The molecule has 0 aromatic heterocycles. The van der Waals surface area contributed by atoms with Crippen LogP contribution in [0.4, 0.5) is 0 Å². The highest BCUT2D eigenvalue weighted by atomic mass is 16.5. The van der Waals surface area contributed by atoms with Crippen molar-refractivity contribution >= 4 is 12.4 Å². The summed E-state index contributed by atoms with van der Waals surface area (Å²) in [7, 11) is 1.45. The van der Waals surface area contributed by atoms with E-state index in [2.05, 4.69) is 17.0 Å². The monoisotopic (exact) mass is 299 g/mol. The molecule has 0 aromatic carbocycles. The van der Waals surface area contributed by atoms with E-state index < -0.39 is 0 Å². The molecule has 1 N–H and O–H groups in total. The first-order valence-electron chi connectivity index (χ1n) is 8.44. The van der Waals surface area contributed by atoms with Gasteiger partial charge in [0.15, 0.2) is 0 Å². The largest absolute Gasteiger partial charge is 0.469 e. The molecule has 0 radical (unpaired) electrons. The third-order valence-corrected chi connectivity index (χ3v) is 3.84. The van der Waals surface area contributed by atoms with E-state index in [4.69, 9.17) is 0 Å². The zero-order chi connectivity index (χ0) is 15.8. The molecule has 0 fully saturated rings. The molecule has 0 aromatic rings. The van der Waals surface area contributed by atoms with Gasteiger partial charge in [-0.2, -0.15) is 0 Å². The van der Waals surface area contributed by atoms with Gasteiger partial charge in [0.25, 0.3) is 0 Å². The maximum Gasteiger partial charge on any atom is 0.305 e. The zero-order valence-electron chi connectivity index (χ0n) is 13.9. The fraction of sp³-hybridized carbons (Fsp3) is 0.882. The predicted molar refractivity (Wildman–Crippen MR) is 86.0 cm³/mol. The van der Waals surface area contributed by atoms with Gasteiger partial charge in [-0.1, -0.05) is 64.7 Å². The average molecular weight is 299 g/mol.